The molecule has 0 N–H and O–H groups in total. The van der Waals surface area contributed by atoms with Crippen LogP contribution in [0.5, 0.6) is 0 Å². The molecule has 0 rings (SSSR count). The van der Waals surface area contributed by atoms with E-state index in [1.807, 2.05) is 0 Å². The molecule has 0 saturated heterocycles. The third-order valence-electron chi connectivity index (χ3n) is 11.9. The zero-order valence-electron chi connectivity index (χ0n) is 43.9. The minimum atomic E-state index is -0.781. The second kappa shape index (κ2) is 55.2. The first-order valence-corrected chi connectivity index (χ1v) is 28.1. The van der Waals surface area contributed by atoms with Crippen molar-refractivity contribution in [3.8, 4) is 0 Å². The smallest absolute Gasteiger partial charge is 0.306 e. The maximum absolute atomic E-state index is 12.8. The molecule has 0 aliphatic heterocycles. The van der Waals surface area contributed by atoms with Gasteiger partial charge in [0.2, 0.25) is 0 Å². The van der Waals surface area contributed by atoms with Gasteiger partial charge in [-0.15, -0.1) is 0 Å². The fourth-order valence-electron chi connectivity index (χ4n) is 7.68. The lowest BCUT2D eigenvalue weighted by atomic mass is 10.1. The molecule has 0 saturated carbocycles. The molecule has 0 aliphatic rings. The average Bonchev–Trinajstić information content (AvgIpc) is 3.33. The molecule has 384 valence electrons. The van der Waals surface area contributed by atoms with Crippen LogP contribution in [-0.4, -0.2) is 37.2 Å². The van der Waals surface area contributed by atoms with Gasteiger partial charge in [0.1, 0.15) is 13.2 Å². The Bertz CT molecular complexity index is 1300. The van der Waals surface area contributed by atoms with E-state index < -0.39 is 6.10 Å². The van der Waals surface area contributed by atoms with Crippen LogP contribution >= 0.6 is 0 Å². The highest BCUT2D eigenvalue weighted by atomic mass is 16.6. The average molecular weight is 933 g/mol. The Morgan fingerprint density at radius 3 is 0.925 bits per heavy atom. The van der Waals surface area contributed by atoms with Crippen molar-refractivity contribution in [1.29, 1.82) is 0 Å². The maximum atomic E-state index is 12.8. The lowest BCUT2D eigenvalue weighted by molar-refractivity contribution is -0.167. The minimum absolute atomic E-state index is 0.0808. The van der Waals surface area contributed by atoms with E-state index in [4.69, 9.17) is 14.2 Å². The van der Waals surface area contributed by atoms with Crippen LogP contribution in [0.3, 0.4) is 0 Å². The van der Waals surface area contributed by atoms with Gasteiger partial charge in [0.25, 0.3) is 0 Å². The third-order valence-corrected chi connectivity index (χ3v) is 11.9. The number of ether oxygens (including phenoxy) is 3. The molecule has 6 heteroatoms. The highest BCUT2D eigenvalue weighted by Crippen LogP contribution is 2.14. The molecule has 1 atom stereocenters. The summed E-state index contributed by atoms with van der Waals surface area (Å²) in [4.78, 5) is 37.9. The zero-order chi connectivity index (χ0) is 48.6. The Morgan fingerprint density at radius 2 is 0.582 bits per heavy atom. The second-order valence-corrected chi connectivity index (χ2v) is 18.5. The Morgan fingerprint density at radius 1 is 0.313 bits per heavy atom. The van der Waals surface area contributed by atoms with Gasteiger partial charge in [0.15, 0.2) is 6.10 Å². The highest BCUT2D eigenvalue weighted by Gasteiger charge is 2.19. The molecule has 0 aliphatic carbocycles. The maximum Gasteiger partial charge on any atom is 0.306 e. The van der Waals surface area contributed by atoms with Gasteiger partial charge < -0.3 is 14.2 Å². The molecule has 0 bridgehead atoms. The van der Waals surface area contributed by atoms with Crippen molar-refractivity contribution < 1.29 is 28.6 Å². The first-order chi connectivity index (χ1) is 33.0. The first kappa shape index (κ1) is 63.6. The molecule has 0 aromatic carbocycles. The molecular weight excluding hydrogens is 829 g/mol. The number of rotatable bonds is 50. The molecule has 1 unspecified atom stereocenters. The van der Waals surface area contributed by atoms with Crippen LogP contribution in [0.25, 0.3) is 0 Å². The van der Waals surface area contributed by atoms with Gasteiger partial charge in [-0.1, -0.05) is 234 Å². The molecule has 0 heterocycles. The number of hydrogen-bond acceptors (Lipinski definition) is 6. The van der Waals surface area contributed by atoms with Crippen LogP contribution in [0.15, 0.2) is 85.1 Å². The van der Waals surface area contributed by atoms with Crippen molar-refractivity contribution in [2.75, 3.05) is 13.2 Å². The van der Waals surface area contributed by atoms with E-state index in [1.165, 1.54) is 109 Å². The summed E-state index contributed by atoms with van der Waals surface area (Å²) < 4.78 is 16.8. The number of unbranched alkanes of at least 4 members (excludes halogenated alkanes) is 25. The monoisotopic (exact) mass is 933 g/mol. The SMILES string of the molecule is CC/C=C\C/C=C\C/C=C\C/C=C\C/C=C\C/C=C\CCCCCCCCCCC(=O)OCC(COC(=O)CCCCCCCCCC)OC(=O)CCCCCCC/C=C\CCCCCCC. The third kappa shape index (κ3) is 53.4. The molecule has 0 radical (unpaired) electrons. The van der Waals surface area contributed by atoms with E-state index in [0.29, 0.717) is 19.3 Å². The van der Waals surface area contributed by atoms with Crippen LogP contribution in [0, 0.1) is 0 Å². The fraction of sp³-hybridized carbons (Fsp3) is 0.721. The Labute approximate surface area is 414 Å². The van der Waals surface area contributed by atoms with Crippen molar-refractivity contribution in [2.24, 2.45) is 0 Å². The van der Waals surface area contributed by atoms with Crippen LogP contribution in [-0.2, 0) is 28.6 Å². The number of esters is 3. The summed E-state index contributed by atoms with van der Waals surface area (Å²) in [6.45, 7) is 6.48. The summed E-state index contributed by atoms with van der Waals surface area (Å²) in [5.74, 6) is -0.900. The summed E-state index contributed by atoms with van der Waals surface area (Å²) in [6.07, 6.45) is 71.6. The van der Waals surface area contributed by atoms with Gasteiger partial charge in [-0.3, -0.25) is 14.4 Å². The number of carbonyl (C=O) groups is 3. The standard InChI is InChI=1S/C61H104O6/c1-4-7-10-13-16-19-21-23-25-26-27-28-29-30-31-32-33-34-35-36-37-39-40-42-45-48-51-54-60(63)66-57-58(56-65-59(62)53-50-47-44-18-15-12-9-6-3)67-61(64)55-52-49-46-43-41-38-24-22-20-17-14-11-8-5-2/h7,10,16,19,22-25,27-28,30-31,33-34,58H,4-6,8-9,11-15,17-18,20-21,26,29,32,35-57H2,1-3H3/b10-7-,19-16-,24-22-,25-23-,28-27-,31-30-,34-33-. The Hall–Kier alpha value is -3.41. The lowest BCUT2D eigenvalue weighted by Crippen LogP contribution is -2.30. The molecule has 0 spiro atoms. The summed E-state index contributed by atoms with van der Waals surface area (Å²) in [7, 11) is 0. The lowest BCUT2D eigenvalue weighted by Gasteiger charge is -2.18. The zero-order valence-corrected chi connectivity index (χ0v) is 43.9. The molecule has 0 aromatic rings. The molecule has 0 fully saturated rings. The minimum Gasteiger partial charge on any atom is -0.462 e. The van der Waals surface area contributed by atoms with E-state index in [-0.39, 0.29) is 31.1 Å². The van der Waals surface area contributed by atoms with Gasteiger partial charge in [0, 0.05) is 19.3 Å². The fourth-order valence-corrected chi connectivity index (χ4v) is 7.68. The van der Waals surface area contributed by atoms with Gasteiger partial charge in [0.05, 0.1) is 0 Å². The summed E-state index contributed by atoms with van der Waals surface area (Å²) in [6, 6.07) is 0. The predicted molar refractivity (Wildman–Crippen MR) is 288 cm³/mol. The van der Waals surface area contributed by atoms with Crippen molar-refractivity contribution in [3.05, 3.63) is 85.1 Å². The predicted octanol–water partition coefficient (Wildman–Crippen LogP) is 18.8. The number of carbonyl (C=O) groups excluding carboxylic acids is 3. The summed E-state index contributed by atoms with van der Waals surface area (Å²) in [5.41, 5.74) is 0. The van der Waals surface area contributed by atoms with Crippen LogP contribution in [0.1, 0.15) is 265 Å². The number of allylic oxidation sites excluding steroid dienone is 14. The van der Waals surface area contributed by atoms with E-state index >= 15 is 0 Å². The summed E-state index contributed by atoms with van der Waals surface area (Å²) in [5, 5.41) is 0. The van der Waals surface area contributed by atoms with Gasteiger partial charge in [-0.25, -0.2) is 0 Å². The van der Waals surface area contributed by atoms with Crippen molar-refractivity contribution in [2.45, 2.75) is 271 Å². The highest BCUT2D eigenvalue weighted by molar-refractivity contribution is 5.71. The van der Waals surface area contributed by atoms with Crippen LogP contribution < -0.4 is 0 Å². The van der Waals surface area contributed by atoms with Crippen molar-refractivity contribution in [3.63, 3.8) is 0 Å². The quantitative estimate of drug-likeness (QED) is 0.0262. The van der Waals surface area contributed by atoms with Crippen LogP contribution in [0.4, 0.5) is 0 Å². The van der Waals surface area contributed by atoms with E-state index in [2.05, 4.69) is 106 Å². The molecule has 67 heavy (non-hydrogen) atoms. The molecule has 0 amide bonds. The van der Waals surface area contributed by atoms with Crippen molar-refractivity contribution in [1.82, 2.24) is 0 Å². The molecular formula is C61H104O6. The van der Waals surface area contributed by atoms with Gasteiger partial charge >= 0.3 is 17.9 Å². The topological polar surface area (TPSA) is 78.9 Å². The Kier molecular flexibility index (Phi) is 52.4. The van der Waals surface area contributed by atoms with Crippen LogP contribution in [0.2, 0.25) is 0 Å². The van der Waals surface area contributed by atoms with Gasteiger partial charge in [-0.2, -0.15) is 0 Å². The van der Waals surface area contributed by atoms with E-state index in [1.54, 1.807) is 0 Å². The Balaban J connectivity index is 4.22. The first-order valence-electron chi connectivity index (χ1n) is 28.1. The second-order valence-electron chi connectivity index (χ2n) is 18.5. The van der Waals surface area contributed by atoms with Gasteiger partial charge in [-0.05, 0) is 96.3 Å². The van der Waals surface area contributed by atoms with Crippen molar-refractivity contribution >= 4 is 17.9 Å². The molecule has 0 aromatic heterocycles. The molecule has 6 nitrogen and oxygen atoms in total. The van der Waals surface area contributed by atoms with E-state index in [0.717, 1.165) is 116 Å². The largest absolute Gasteiger partial charge is 0.462 e. The number of hydrogen-bond donors (Lipinski definition) is 0. The summed E-state index contributed by atoms with van der Waals surface area (Å²) >= 11 is 0. The normalized spacial score (nSPS) is 12.7. The van der Waals surface area contributed by atoms with E-state index in [9.17, 15) is 14.4 Å².